The first-order valence-corrected chi connectivity index (χ1v) is 5.13. The largest absolute Gasteiger partial charge is 0.465 e. The molecular weight excluding hydrogens is 242 g/mol. The Morgan fingerprint density at radius 3 is 2.78 bits per heavy atom. The van der Waals surface area contributed by atoms with E-state index in [0.29, 0.717) is 0 Å². The average Bonchev–Trinajstić information content (AvgIpc) is 2.25. The van der Waals surface area contributed by atoms with Crippen molar-refractivity contribution >= 4 is 23.4 Å². The summed E-state index contributed by atoms with van der Waals surface area (Å²) in [6.45, 7) is 3.09. The molecule has 0 saturated heterocycles. The third kappa shape index (κ3) is 3.27. The van der Waals surface area contributed by atoms with E-state index in [2.05, 4.69) is 20.0 Å². The fraction of sp³-hybridized carbons (Fsp3) is 0.444. The molecule has 9 nitrogen and oxygen atoms in total. The Hall–Kier alpha value is -2.45. The van der Waals surface area contributed by atoms with Crippen LogP contribution in [0.25, 0.3) is 0 Å². The normalized spacial score (nSPS) is 9.89. The minimum atomic E-state index is -0.637. The summed E-state index contributed by atoms with van der Waals surface area (Å²) in [5.41, 5.74) is 5.20. The van der Waals surface area contributed by atoms with Crippen LogP contribution in [0.2, 0.25) is 0 Å². The van der Waals surface area contributed by atoms with Crippen molar-refractivity contribution in [2.75, 3.05) is 24.2 Å². The van der Waals surface area contributed by atoms with E-state index in [1.807, 2.05) is 0 Å². The Labute approximate surface area is 103 Å². The Bertz CT molecular complexity index is 476. The number of rotatable bonds is 5. The zero-order valence-electron chi connectivity index (χ0n) is 9.97. The molecule has 1 rings (SSSR count). The van der Waals surface area contributed by atoms with Crippen molar-refractivity contribution < 1.29 is 14.5 Å². The van der Waals surface area contributed by atoms with Crippen LogP contribution in [0.4, 0.5) is 17.5 Å². The van der Waals surface area contributed by atoms with Crippen LogP contribution in [-0.2, 0) is 9.53 Å². The van der Waals surface area contributed by atoms with E-state index < -0.39 is 10.9 Å². The molecule has 1 aromatic rings. The predicted octanol–water partition coefficient (Wildman–Crippen LogP) is 0.250. The number of carbonyl (C=O) groups excluding carboxylic acids is 1. The van der Waals surface area contributed by atoms with Crippen LogP contribution < -0.4 is 11.1 Å². The van der Waals surface area contributed by atoms with Gasteiger partial charge in [-0.05, 0) is 13.8 Å². The van der Waals surface area contributed by atoms with Crippen molar-refractivity contribution in [3.05, 3.63) is 15.8 Å². The molecule has 98 valence electrons. The number of carbonyl (C=O) groups is 1. The lowest BCUT2D eigenvalue weighted by molar-refractivity contribution is -0.385. The van der Waals surface area contributed by atoms with Crippen LogP contribution in [0.5, 0.6) is 0 Å². The number of aryl methyl sites for hydroxylation is 1. The molecule has 0 spiro atoms. The molecule has 0 aliphatic carbocycles. The van der Waals surface area contributed by atoms with Gasteiger partial charge in [0.1, 0.15) is 12.2 Å². The Morgan fingerprint density at radius 2 is 2.22 bits per heavy atom. The van der Waals surface area contributed by atoms with Crippen molar-refractivity contribution in [1.29, 1.82) is 0 Å². The molecule has 3 N–H and O–H groups in total. The summed E-state index contributed by atoms with van der Waals surface area (Å²) >= 11 is 0. The van der Waals surface area contributed by atoms with Gasteiger partial charge in [0.05, 0.1) is 11.5 Å². The van der Waals surface area contributed by atoms with Crippen LogP contribution in [0, 0.1) is 17.0 Å². The lowest BCUT2D eigenvalue weighted by atomic mass is 10.3. The van der Waals surface area contributed by atoms with E-state index in [4.69, 9.17) is 5.73 Å². The number of nitro groups is 1. The molecule has 0 aromatic carbocycles. The maximum atomic E-state index is 11.1. The number of nitrogens with zero attached hydrogens (tertiary/aromatic N) is 3. The molecule has 0 fully saturated rings. The van der Waals surface area contributed by atoms with E-state index in [9.17, 15) is 14.9 Å². The van der Waals surface area contributed by atoms with Crippen LogP contribution in [-0.4, -0.2) is 34.0 Å². The number of hydrogen-bond donors (Lipinski definition) is 2. The number of aromatic nitrogens is 2. The number of nitrogens with two attached hydrogens (primary N) is 1. The number of ether oxygens (including phenoxy) is 1. The first-order chi connectivity index (χ1) is 8.45. The molecular formula is C9H13N5O4. The van der Waals surface area contributed by atoms with Gasteiger partial charge >= 0.3 is 11.7 Å². The molecule has 0 unspecified atom stereocenters. The smallest absolute Gasteiger partial charge is 0.332 e. The summed E-state index contributed by atoms with van der Waals surface area (Å²) in [5.74, 6) is -0.746. The number of hydrogen-bond acceptors (Lipinski definition) is 8. The summed E-state index contributed by atoms with van der Waals surface area (Å²) in [7, 11) is 0. The lowest BCUT2D eigenvalue weighted by Crippen LogP contribution is -2.19. The highest BCUT2D eigenvalue weighted by molar-refractivity contribution is 5.76. The Morgan fingerprint density at radius 1 is 1.56 bits per heavy atom. The minimum Gasteiger partial charge on any atom is -0.465 e. The Balaban J connectivity index is 2.93. The summed E-state index contributed by atoms with van der Waals surface area (Å²) in [6.07, 6.45) is 0. The van der Waals surface area contributed by atoms with E-state index in [1.165, 1.54) is 6.92 Å². The number of anilines is 2. The maximum Gasteiger partial charge on any atom is 0.332 e. The molecule has 0 radical (unpaired) electrons. The third-order valence-electron chi connectivity index (χ3n) is 1.96. The summed E-state index contributed by atoms with van der Waals surface area (Å²) in [5, 5.41) is 13.4. The molecule has 0 saturated carbocycles. The van der Waals surface area contributed by atoms with Crippen molar-refractivity contribution in [3.63, 3.8) is 0 Å². The second kappa shape index (κ2) is 5.75. The molecule has 9 heteroatoms. The molecule has 0 atom stereocenters. The van der Waals surface area contributed by atoms with Gasteiger partial charge in [-0.15, -0.1) is 0 Å². The minimum absolute atomic E-state index is 0.0990. The first kappa shape index (κ1) is 13.6. The summed E-state index contributed by atoms with van der Waals surface area (Å²) in [4.78, 5) is 28.7. The number of nitrogens with one attached hydrogen (secondary N) is 1. The zero-order chi connectivity index (χ0) is 13.7. The van der Waals surface area contributed by atoms with E-state index in [1.54, 1.807) is 6.92 Å². The van der Waals surface area contributed by atoms with Crippen LogP contribution in [0.3, 0.4) is 0 Å². The highest BCUT2D eigenvalue weighted by atomic mass is 16.6. The second-order valence-corrected chi connectivity index (χ2v) is 3.28. The monoisotopic (exact) mass is 255 g/mol. The summed E-state index contributed by atoms with van der Waals surface area (Å²) < 4.78 is 4.68. The number of esters is 1. The van der Waals surface area contributed by atoms with Crippen LogP contribution >= 0.6 is 0 Å². The molecule has 0 bridgehead atoms. The van der Waals surface area contributed by atoms with Crippen LogP contribution in [0.1, 0.15) is 12.6 Å². The van der Waals surface area contributed by atoms with Gasteiger partial charge in [0.25, 0.3) is 0 Å². The molecule has 0 aliphatic heterocycles. The quantitative estimate of drug-likeness (QED) is 0.434. The van der Waals surface area contributed by atoms with E-state index in [-0.39, 0.29) is 36.3 Å². The van der Waals surface area contributed by atoms with Gasteiger partial charge < -0.3 is 15.8 Å². The molecule has 1 aromatic heterocycles. The van der Waals surface area contributed by atoms with Gasteiger partial charge in [0, 0.05) is 0 Å². The van der Waals surface area contributed by atoms with Gasteiger partial charge in [-0.2, -0.15) is 4.98 Å². The SMILES string of the molecule is CCOC(=O)CNc1nc(N)nc(C)c1[N+](=O)[O-]. The average molecular weight is 255 g/mol. The van der Waals surface area contributed by atoms with Gasteiger partial charge in [-0.25, -0.2) is 4.98 Å². The van der Waals surface area contributed by atoms with Crippen LogP contribution in [0.15, 0.2) is 0 Å². The van der Waals surface area contributed by atoms with Gasteiger partial charge in [-0.1, -0.05) is 0 Å². The molecule has 0 aliphatic rings. The van der Waals surface area contributed by atoms with Gasteiger partial charge in [0.15, 0.2) is 0 Å². The van der Waals surface area contributed by atoms with Crippen molar-refractivity contribution in [2.24, 2.45) is 0 Å². The van der Waals surface area contributed by atoms with E-state index >= 15 is 0 Å². The highest BCUT2D eigenvalue weighted by Crippen LogP contribution is 2.25. The van der Waals surface area contributed by atoms with Gasteiger partial charge in [-0.3, -0.25) is 14.9 Å². The molecule has 18 heavy (non-hydrogen) atoms. The zero-order valence-corrected chi connectivity index (χ0v) is 9.97. The van der Waals surface area contributed by atoms with Crippen molar-refractivity contribution in [3.8, 4) is 0 Å². The van der Waals surface area contributed by atoms with Crippen molar-refractivity contribution in [2.45, 2.75) is 13.8 Å². The maximum absolute atomic E-state index is 11.1. The molecule has 1 heterocycles. The lowest BCUT2D eigenvalue weighted by Gasteiger charge is -2.07. The molecule has 0 amide bonds. The third-order valence-corrected chi connectivity index (χ3v) is 1.96. The van der Waals surface area contributed by atoms with Crippen molar-refractivity contribution in [1.82, 2.24) is 9.97 Å². The topological polar surface area (TPSA) is 133 Å². The van der Waals surface area contributed by atoms with E-state index in [0.717, 1.165) is 0 Å². The summed E-state index contributed by atoms with van der Waals surface area (Å²) in [6, 6.07) is 0. The Kier molecular flexibility index (Phi) is 4.35. The first-order valence-electron chi connectivity index (χ1n) is 5.13. The second-order valence-electron chi connectivity index (χ2n) is 3.28. The van der Waals surface area contributed by atoms with Gasteiger partial charge in [0.2, 0.25) is 11.8 Å². The fourth-order valence-electron chi connectivity index (χ4n) is 1.30. The highest BCUT2D eigenvalue weighted by Gasteiger charge is 2.21. The standard InChI is InChI=1S/C9H13N5O4/c1-3-18-6(15)4-11-8-7(14(16)17)5(2)12-9(10)13-8/h3-4H2,1-2H3,(H3,10,11,12,13). The predicted molar refractivity (Wildman–Crippen MR) is 63.0 cm³/mol. The fourth-order valence-corrected chi connectivity index (χ4v) is 1.30. The number of nitrogen functional groups attached to an aromatic ring is 1.